The molecule has 0 bridgehead atoms. The van der Waals surface area contributed by atoms with E-state index in [9.17, 15) is 14.9 Å². The summed E-state index contributed by atoms with van der Waals surface area (Å²) in [4.78, 5) is 22.7. The normalized spacial score (nSPS) is 15.4. The first kappa shape index (κ1) is 19.9. The molecule has 10 heteroatoms. The molecular formula is C19H19N3O7. The number of methoxy groups -OCH3 is 3. The first-order chi connectivity index (χ1) is 13.9. The van der Waals surface area contributed by atoms with Crippen molar-refractivity contribution in [2.24, 2.45) is 5.10 Å². The number of carbonyl (C=O) groups is 1. The van der Waals surface area contributed by atoms with E-state index >= 15 is 0 Å². The van der Waals surface area contributed by atoms with Crippen molar-refractivity contribution < 1.29 is 28.7 Å². The van der Waals surface area contributed by atoms with Crippen LogP contribution in [0.25, 0.3) is 0 Å². The summed E-state index contributed by atoms with van der Waals surface area (Å²) < 4.78 is 21.9. The molecule has 1 atom stereocenters. The number of nitro benzene ring substituents is 1. The van der Waals surface area contributed by atoms with Gasteiger partial charge in [-0.25, -0.2) is 0 Å². The van der Waals surface area contributed by atoms with Gasteiger partial charge in [0.1, 0.15) is 5.75 Å². The van der Waals surface area contributed by atoms with Gasteiger partial charge in [0.05, 0.1) is 31.8 Å². The molecule has 0 fully saturated rings. The Morgan fingerprint density at radius 3 is 2.34 bits per heavy atom. The van der Waals surface area contributed by atoms with Gasteiger partial charge in [-0.15, -0.1) is 5.10 Å². The van der Waals surface area contributed by atoms with Crippen molar-refractivity contribution in [2.45, 2.75) is 13.2 Å². The molecule has 0 radical (unpaired) electrons. The molecule has 3 rings (SSSR count). The second kappa shape index (κ2) is 8.05. The fourth-order valence-corrected chi connectivity index (χ4v) is 2.88. The zero-order chi connectivity index (χ0) is 21.1. The highest BCUT2D eigenvalue weighted by molar-refractivity contribution is 5.99. The molecule has 10 nitrogen and oxygen atoms in total. The summed E-state index contributed by atoms with van der Waals surface area (Å²) >= 11 is 0. The van der Waals surface area contributed by atoms with Crippen molar-refractivity contribution in [2.75, 3.05) is 21.3 Å². The van der Waals surface area contributed by atoms with E-state index in [2.05, 4.69) is 5.10 Å². The predicted octanol–water partition coefficient (Wildman–Crippen LogP) is 2.86. The zero-order valence-corrected chi connectivity index (χ0v) is 16.2. The smallest absolute Gasteiger partial charge is 0.269 e. The second-order valence-corrected chi connectivity index (χ2v) is 6.00. The Bertz CT molecular complexity index is 990. The van der Waals surface area contributed by atoms with Crippen molar-refractivity contribution in [3.05, 3.63) is 57.6 Å². The van der Waals surface area contributed by atoms with Gasteiger partial charge in [-0.3, -0.25) is 14.9 Å². The molecule has 29 heavy (non-hydrogen) atoms. The minimum atomic E-state index is -0.958. The van der Waals surface area contributed by atoms with Crippen molar-refractivity contribution in [1.82, 2.24) is 5.01 Å². The van der Waals surface area contributed by atoms with Crippen LogP contribution < -0.4 is 14.2 Å². The molecule has 2 aromatic carbocycles. The number of benzene rings is 2. The molecular weight excluding hydrogens is 382 g/mol. The van der Waals surface area contributed by atoms with E-state index in [1.165, 1.54) is 46.5 Å². The van der Waals surface area contributed by atoms with Gasteiger partial charge in [-0.05, 0) is 0 Å². The van der Waals surface area contributed by atoms with Gasteiger partial charge >= 0.3 is 0 Å². The quantitative estimate of drug-likeness (QED) is 0.540. The standard InChI is InChI=1S/C19H19N3O7/c1-11(23)21-19(12-6-5-7-13(8-12)22(24)25)29-18(20-21)14-9-16(27-3)17(28-4)10-15(14)26-2/h5-10,19H,1-4H3. The van der Waals surface area contributed by atoms with E-state index in [1.807, 2.05) is 0 Å². The van der Waals surface area contributed by atoms with Crippen LogP contribution in [0.5, 0.6) is 17.2 Å². The van der Waals surface area contributed by atoms with Crippen LogP contribution in [0, 0.1) is 10.1 Å². The predicted molar refractivity (Wildman–Crippen MR) is 102 cm³/mol. The second-order valence-electron chi connectivity index (χ2n) is 6.00. The lowest BCUT2D eigenvalue weighted by Crippen LogP contribution is -2.25. The third-order valence-corrected chi connectivity index (χ3v) is 4.27. The number of ether oxygens (including phenoxy) is 4. The summed E-state index contributed by atoms with van der Waals surface area (Å²) in [5.41, 5.74) is 0.726. The molecule has 1 aliphatic heterocycles. The van der Waals surface area contributed by atoms with Crippen LogP contribution in [0.4, 0.5) is 5.69 Å². The van der Waals surface area contributed by atoms with Crippen LogP contribution in [0.2, 0.25) is 0 Å². The number of non-ortho nitro benzene ring substituents is 1. The molecule has 0 saturated heterocycles. The van der Waals surface area contributed by atoms with E-state index in [0.29, 0.717) is 28.4 Å². The number of nitrogens with zero attached hydrogens (tertiary/aromatic N) is 3. The van der Waals surface area contributed by atoms with Gasteiger partial charge in [0.25, 0.3) is 5.69 Å². The SMILES string of the molecule is COc1cc(OC)c(C2=NN(C(C)=O)C(c3cccc([N+](=O)[O-])c3)O2)cc1OC. The van der Waals surface area contributed by atoms with Crippen molar-refractivity contribution >= 4 is 17.5 Å². The first-order valence-corrected chi connectivity index (χ1v) is 8.49. The van der Waals surface area contributed by atoms with Crippen LogP contribution in [-0.4, -0.2) is 43.1 Å². The molecule has 152 valence electrons. The summed E-state index contributed by atoms with van der Waals surface area (Å²) in [6.07, 6.45) is -0.958. The third kappa shape index (κ3) is 3.77. The molecule has 0 aromatic heterocycles. The monoisotopic (exact) mass is 401 g/mol. The Hall–Kier alpha value is -3.82. The molecule has 1 unspecified atom stereocenters. The number of hydrazone groups is 1. The Morgan fingerprint density at radius 1 is 1.10 bits per heavy atom. The summed E-state index contributed by atoms with van der Waals surface area (Å²) in [6, 6.07) is 9.06. The van der Waals surface area contributed by atoms with Gasteiger partial charge in [0, 0.05) is 36.8 Å². The van der Waals surface area contributed by atoms with Gasteiger partial charge < -0.3 is 18.9 Å². The van der Waals surface area contributed by atoms with E-state index in [0.717, 1.165) is 5.01 Å². The van der Waals surface area contributed by atoms with Gasteiger partial charge in [-0.2, -0.15) is 5.01 Å². The fourth-order valence-electron chi connectivity index (χ4n) is 2.88. The minimum Gasteiger partial charge on any atom is -0.496 e. The third-order valence-electron chi connectivity index (χ3n) is 4.27. The van der Waals surface area contributed by atoms with Gasteiger partial charge in [-0.1, -0.05) is 12.1 Å². The molecule has 2 aromatic rings. The molecule has 1 heterocycles. The van der Waals surface area contributed by atoms with E-state index in [-0.39, 0.29) is 11.6 Å². The van der Waals surface area contributed by atoms with Crippen molar-refractivity contribution in [3.63, 3.8) is 0 Å². The largest absolute Gasteiger partial charge is 0.496 e. The van der Waals surface area contributed by atoms with E-state index in [4.69, 9.17) is 18.9 Å². The minimum absolute atomic E-state index is 0.106. The van der Waals surface area contributed by atoms with Crippen LogP contribution in [0.1, 0.15) is 24.3 Å². The highest BCUT2D eigenvalue weighted by Crippen LogP contribution is 2.38. The van der Waals surface area contributed by atoms with Crippen LogP contribution in [0.15, 0.2) is 41.5 Å². The van der Waals surface area contributed by atoms with Crippen LogP contribution in [0.3, 0.4) is 0 Å². The summed E-state index contributed by atoms with van der Waals surface area (Å²) in [6.45, 7) is 1.33. The van der Waals surface area contributed by atoms with Crippen LogP contribution >= 0.6 is 0 Å². The van der Waals surface area contributed by atoms with Crippen molar-refractivity contribution in [3.8, 4) is 17.2 Å². The molecule has 0 spiro atoms. The molecule has 1 aliphatic rings. The number of carbonyl (C=O) groups excluding carboxylic acids is 1. The average molecular weight is 401 g/mol. The lowest BCUT2D eigenvalue weighted by molar-refractivity contribution is -0.385. The summed E-state index contributed by atoms with van der Waals surface area (Å²) in [5, 5.41) is 16.5. The Balaban J connectivity index is 2.05. The number of hydrogen-bond donors (Lipinski definition) is 0. The molecule has 0 saturated carbocycles. The Morgan fingerprint density at radius 2 is 1.76 bits per heavy atom. The highest BCUT2D eigenvalue weighted by atomic mass is 16.6. The van der Waals surface area contributed by atoms with Gasteiger partial charge in [0.2, 0.25) is 18.0 Å². The fraction of sp³-hybridized carbons (Fsp3) is 0.263. The molecule has 0 aliphatic carbocycles. The zero-order valence-electron chi connectivity index (χ0n) is 16.2. The van der Waals surface area contributed by atoms with Crippen LogP contribution in [-0.2, 0) is 9.53 Å². The Labute approximate surface area is 166 Å². The van der Waals surface area contributed by atoms with E-state index in [1.54, 1.807) is 18.2 Å². The first-order valence-electron chi connectivity index (χ1n) is 8.49. The lowest BCUT2D eigenvalue weighted by atomic mass is 10.1. The topological polar surface area (TPSA) is 113 Å². The molecule has 1 amide bonds. The van der Waals surface area contributed by atoms with E-state index < -0.39 is 17.1 Å². The maximum absolute atomic E-state index is 12.1. The van der Waals surface area contributed by atoms with Gasteiger partial charge in [0.15, 0.2) is 11.5 Å². The number of amides is 1. The van der Waals surface area contributed by atoms with Crippen molar-refractivity contribution in [1.29, 1.82) is 0 Å². The lowest BCUT2D eigenvalue weighted by Gasteiger charge is -2.19. The average Bonchev–Trinajstić information content (AvgIpc) is 3.18. The highest BCUT2D eigenvalue weighted by Gasteiger charge is 2.35. The number of hydrogen-bond acceptors (Lipinski definition) is 8. The Kier molecular flexibility index (Phi) is 5.53. The summed E-state index contributed by atoms with van der Waals surface area (Å²) in [5.74, 6) is 0.975. The number of nitro groups is 1. The summed E-state index contributed by atoms with van der Waals surface area (Å²) in [7, 11) is 4.45. The maximum Gasteiger partial charge on any atom is 0.269 e. The number of rotatable bonds is 6. The molecule has 0 N–H and O–H groups in total. The maximum atomic E-state index is 12.1.